The van der Waals surface area contributed by atoms with Gasteiger partial charge in [0.1, 0.15) is 17.1 Å². The largest absolute Gasteiger partial charge is 0.506 e. The molecule has 0 bridgehead atoms. The summed E-state index contributed by atoms with van der Waals surface area (Å²) in [7, 11) is 0. The molecule has 2 aromatic carbocycles. The van der Waals surface area contributed by atoms with E-state index in [-0.39, 0.29) is 23.9 Å². The summed E-state index contributed by atoms with van der Waals surface area (Å²) in [5.41, 5.74) is 3.51. The lowest BCUT2D eigenvalue weighted by Gasteiger charge is -2.17. The van der Waals surface area contributed by atoms with Crippen LogP contribution < -0.4 is 0 Å². The Morgan fingerprint density at radius 3 is 2.53 bits per heavy atom. The number of aliphatic carboxylic acids is 1. The third-order valence-electron chi connectivity index (χ3n) is 5.57. The number of aromatic hydroxyl groups is 1. The van der Waals surface area contributed by atoms with Crippen LogP contribution in [0.1, 0.15) is 42.9 Å². The van der Waals surface area contributed by atoms with E-state index in [9.17, 15) is 24.5 Å². The zero-order valence-electron chi connectivity index (χ0n) is 17.3. The number of aliphatic hydroxyl groups is 2. The second-order valence-electron chi connectivity index (χ2n) is 8.15. The molecular formula is C25H24FNO5. The van der Waals surface area contributed by atoms with E-state index in [1.165, 1.54) is 18.2 Å². The van der Waals surface area contributed by atoms with E-state index in [0.29, 0.717) is 10.9 Å². The Kier molecular flexibility index (Phi) is 6.21. The average Bonchev–Trinajstić information content (AvgIpc) is 3.57. The molecule has 0 aliphatic heterocycles. The normalized spacial score (nSPS) is 15.8. The van der Waals surface area contributed by atoms with Crippen molar-refractivity contribution in [3.05, 3.63) is 65.6 Å². The molecule has 1 heterocycles. The van der Waals surface area contributed by atoms with Gasteiger partial charge in [-0.1, -0.05) is 36.4 Å². The Morgan fingerprint density at radius 1 is 1.16 bits per heavy atom. The fourth-order valence-electron chi connectivity index (χ4n) is 3.92. The van der Waals surface area contributed by atoms with Gasteiger partial charge in [-0.3, -0.25) is 4.79 Å². The number of nitrogens with zero attached hydrogens (tertiary/aromatic N) is 1. The number of carboxylic acids is 1. The van der Waals surface area contributed by atoms with Crippen LogP contribution in [0.5, 0.6) is 5.75 Å². The predicted octanol–water partition coefficient (Wildman–Crippen LogP) is 4.22. The average molecular weight is 437 g/mol. The van der Waals surface area contributed by atoms with Gasteiger partial charge >= 0.3 is 5.97 Å². The number of aromatic nitrogens is 1. The van der Waals surface area contributed by atoms with Gasteiger partial charge in [-0.25, -0.2) is 9.37 Å². The van der Waals surface area contributed by atoms with Gasteiger partial charge in [-0.15, -0.1) is 0 Å². The Hall–Kier alpha value is -3.29. The van der Waals surface area contributed by atoms with E-state index in [1.54, 1.807) is 30.3 Å². The summed E-state index contributed by atoms with van der Waals surface area (Å²) in [6.07, 6.45) is 2.35. The van der Waals surface area contributed by atoms with Crippen molar-refractivity contribution < 1.29 is 29.6 Å². The van der Waals surface area contributed by atoms with E-state index >= 15 is 0 Å². The summed E-state index contributed by atoms with van der Waals surface area (Å²) in [6.45, 7) is 0. The van der Waals surface area contributed by atoms with E-state index in [2.05, 4.69) is 0 Å². The van der Waals surface area contributed by atoms with Crippen LogP contribution in [0.2, 0.25) is 0 Å². The van der Waals surface area contributed by atoms with Gasteiger partial charge in [0.15, 0.2) is 0 Å². The second kappa shape index (κ2) is 9.06. The van der Waals surface area contributed by atoms with Crippen LogP contribution in [0, 0.1) is 5.82 Å². The zero-order chi connectivity index (χ0) is 22.8. The minimum Gasteiger partial charge on any atom is -0.506 e. The van der Waals surface area contributed by atoms with Crippen LogP contribution in [-0.4, -0.2) is 43.6 Å². The fourth-order valence-corrected chi connectivity index (χ4v) is 3.92. The van der Waals surface area contributed by atoms with Crippen LogP contribution in [0.4, 0.5) is 4.39 Å². The van der Waals surface area contributed by atoms with Gasteiger partial charge < -0.3 is 20.4 Å². The van der Waals surface area contributed by atoms with Crippen molar-refractivity contribution in [2.24, 2.45) is 0 Å². The zero-order valence-corrected chi connectivity index (χ0v) is 17.3. The quantitative estimate of drug-likeness (QED) is 0.420. The number of phenolic OH excluding ortho intramolecular Hbond substituents is 1. The number of carbonyl (C=O) groups is 1. The number of para-hydroxylation sites is 1. The number of benzene rings is 2. The third kappa shape index (κ3) is 4.79. The summed E-state index contributed by atoms with van der Waals surface area (Å²) in [5.74, 6) is -1.23. The number of hydrogen-bond donors (Lipinski definition) is 4. The SMILES string of the molecule is O=C(O)C[C@H](O)C[C@H](O)C=Cc1c(C2CC2)nc2c(O)cccc2c1-c1ccc(F)cc1. The number of halogens is 1. The van der Waals surface area contributed by atoms with Crippen LogP contribution in [0.15, 0.2) is 48.5 Å². The van der Waals surface area contributed by atoms with Gasteiger partial charge in [-0.05, 0) is 36.6 Å². The third-order valence-corrected chi connectivity index (χ3v) is 5.57. The summed E-state index contributed by atoms with van der Waals surface area (Å²) in [6, 6.07) is 11.2. The maximum absolute atomic E-state index is 13.6. The molecule has 0 unspecified atom stereocenters. The molecule has 2 atom stereocenters. The topological polar surface area (TPSA) is 111 Å². The molecule has 7 heteroatoms. The molecule has 0 spiro atoms. The van der Waals surface area contributed by atoms with Crippen molar-refractivity contribution in [3.8, 4) is 16.9 Å². The standard InChI is InChI=1S/C25H24FNO5/c26-16-8-6-14(7-9-16)23-19-2-1-3-21(30)25(19)27-24(15-4-5-15)20(23)11-10-17(28)12-18(29)13-22(31)32/h1-3,6-11,15,17-18,28-30H,4-5,12-13H2,(H,31,32)/t17-,18-/m1/s1. The first-order valence-electron chi connectivity index (χ1n) is 10.5. The molecule has 6 nitrogen and oxygen atoms in total. The number of pyridine rings is 1. The first-order chi connectivity index (χ1) is 15.3. The maximum atomic E-state index is 13.6. The highest BCUT2D eigenvalue weighted by Crippen LogP contribution is 2.46. The lowest BCUT2D eigenvalue weighted by atomic mass is 9.92. The minimum absolute atomic E-state index is 0.0557. The molecule has 1 aliphatic carbocycles. The lowest BCUT2D eigenvalue weighted by molar-refractivity contribution is -0.139. The molecule has 4 rings (SSSR count). The number of aliphatic hydroxyl groups excluding tert-OH is 2. The van der Waals surface area contributed by atoms with Crippen molar-refractivity contribution in [1.29, 1.82) is 0 Å². The van der Waals surface area contributed by atoms with Gasteiger partial charge in [0.05, 0.1) is 24.3 Å². The predicted molar refractivity (Wildman–Crippen MR) is 119 cm³/mol. The molecule has 3 aromatic rings. The van der Waals surface area contributed by atoms with Gasteiger partial charge in [-0.2, -0.15) is 0 Å². The Balaban J connectivity index is 1.83. The van der Waals surface area contributed by atoms with Gasteiger partial charge in [0, 0.05) is 28.9 Å². The lowest BCUT2D eigenvalue weighted by Crippen LogP contribution is -2.19. The number of phenols is 1. The number of fused-ring (bicyclic) bond motifs is 1. The first-order valence-corrected chi connectivity index (χ1v) is 10.5. The number of rotatable bonds is 8. The molecule has 166 valence electrons. The van der Waals surface area contributed by atoms with Crippen molar-refractivity contribution in [3.63, 3.8) is 0 Å². The molecule has 0 saturated heterocycles. The Labute approximate surface area is 184 Å². The van der Waals surface area contributed by atoms with Crippen molar-refractivity contribution in [2.45, 2.75) is 43.8 Å². The molecule has 0 radical (unpaired) electrons. The minimum atomic E-state index is -1.17. The fraction of sp³-hybridized carbons (Fsp3) is 0.280. The molecular weight excluding hydrogens is 413 g/mol. The smallest absolute Gasteiger partial charge is 0.305 e. The summed E-state index contributed by atoms with van der Waals surface area (Å²) in [4.78, 5) is 15.5. The second-order valence-corrected chi connectivity index (χ2v) is 8.15. The van der Waals surface area contributed by atoms with Crippen LogP contribution in [-0.2, 0) is 4.79 Å². The monoisotopic (exact) mass is 437 g/mol. The van der Waals surface area contributed by atoms with Gasteiger partial charge in [0.2, 0.25) is 0 Å². The van der Waals surface area contributed by atoms with E-state index < -0.39 is 24.6 Å². The van der Waals surface area contributed by atoms with Gasteiger partial charge in [0.25, 0.3) is 0 Å². The van der Waals surface area contributed by atoms with E-state index in [4.69, 9.17) is 10.1 Å². The Bertz CT molecular complexity index is 1170. The summed E-state index contributed by atoms with van der Waals surface area (Å²) < 4.78 is 13.6. The first kappa shape index (κ1) is 21.9. The summed E-state index contributed by atoms with van der Waals surface area (Å²) >= 11 is 0. The Morgan fingerprint density at radius 2 is 1.88 bits per heavy atom. The number of hydrogen-bond acceptors (Lipinski definition) is 5. The van der Waals surface area contributed by atoms with Crippen LogP contribution >= 0.6 is 0 Å². The highest BCUT2D eigenvalue weighted by Gasteiger charge is 2.30. The summed E-state index contributed by atoms with van der Waals surface area (Å²) in [5, 5.41) is 40.1. The van der Waals surface area contributed by atoms with E-state index in [1.807, 2.05) is 6.07 Å². The van der Waals surface area contributed by atoms with Crippen LogP contribution in [0.25, 0.3) is 28.1 Å². The molecule has 0 amide bonds. The van der Waals surface area contributed by atoms with Crippen molar-refractivity contribution >= 4 is 22.9 Å². The van der Waals surface area contributed by atoms with E-state index in [0.717, 1.165) is 35.2 Å². The number of carboxylic acid groups (broad SMARTS) is 1. The van der Waals surface area contributed by atoms with Crippen molar-refractivity contribution in [2.75, 3.05) is 0 Å². The molecule has 1 fully saturated rings. The van der Waals surface area contributed by atoms with Crippen LogP contribution in [0.3, 0.4) is 0 Å². The highest BCUT2D eigenvalue weighted by molar-refractivity contribution is 6.01. The maximum Gasteiger partial charge on any atom is 0.305 e. The molecule has 1 saturated carbocycles. The highest BCUT2D eigenvalue weighted by atomic mass is 19.1. The molecule has 4 N–H and O–H groups in total. The van der Waals surface area contributed by atoms with Crippen molar-refractivity contribution in [1.82, 2.24) is 4.98 Å². The molecule has 1 aromatic heterocycles. The molecule has 32 heavy (non-hydrogen) atoms. The molecule has 1 aliphatic rings.